The van der Waals surface area contributed by atoms with E-state index >= 15 is 0 Å². The van der Waals surface area contributed by atoms with Crippen molar-refractivity contribution in [1.29, 1.82) is 0 Å². The molecular weight excluding hydrogens is 454 g/mol. The molecule has 1 unspecified atom stereocenters. The molecule has 176 valence electrons. The van der Waals surface area contributed by atoms with Crippen LogP contribution in [0.15, 0.2) is 79.1 Å². The highest BCUT2D eigenvalue weighted by Crippen LogP contribution is 2.47. The molecule has 0 saturated heterocycles. The van der Waals surface area contributed by atoms with Crippen LogP contribution in [0.25, 0.3) is 16.5 Å². The molecule has 4 rings (SSSR count). The summed E-state index contributed by atoms with van der Waals surface area (Å²) in [4.78, 5) is 22.3. The van der Waals surface area contributed by atoms with Crippen molar-refractivity contribution in [1.82, 2.24) is 16.3 Å². The van der Waals surface area contributed by atoms with Crippen molar-refractivity contribution in [3.05, 3.63) is 102 Å². The van der Waals surface area contributed by atoms with Crippen molar-refractivity contribution < 1.29 is 32.0 Å². The Labute approximate surface area is 191 Å². The van der Waals surface area contributed by atoms with Gasteiger partial charge in [-0.3, -0.25) is 25.4 Å². The number of benzene rings is 3. The van der Waals surface area contributed by atoms with Crippen molar-refractivity contribution in [2.24, 2.45) is 0 Å². The largest absolute Gasteiger partial charge is 0.428 e. The number of carbonyl (C=O) groups is 1. The third-order valence-electron chi connectivity index (χ3n) is 5.29. The minimum Gasteiger partial charge on any atom is -0.327 e. The van der Waals surface area contributed by atoms with Crippen LogP contribution in [0, 0.1) is 5.82 Å². The maximum absolute atomic E-state index is 14.2. The molecule has 3 N–H and O–H groups in total. The summed E-state index contributed by atoms with van der Waals surface area (Å²) in [5.41, 5.74) is 2.24. The van der Waals surface area contributed by atoms with Crippen LogP contribution < -0.4 is 16.3 Å². The normalized spacial score (nSPS) is 18.1. The molecular formula is C24H19F4N3O3. The average molecular weight is 473 g/mol. The van der Waals surface area contributed by atoms with Crippen LogP contribution in [0.3, 0.4) is 0 Å². The summed E-state index contributed by atoms with van der Waals surface area (Å²) < 4.78 is 56.3. The molecule has 6 nitrogen and oxygen atoms in total. The molecule has 0 bridgehead atoms. The summed E-state index contributed by atoms with van der Waals surface area (Å²) in [6.07, 6.45) is -1.28. The predicted molar refractivity (Wildman–Crippen MR) is 117 cm³/mol. The minimum atomic E-state index is -4.88. The maximum Gasteiger partial charge on any atom is 0.428 e. The van der Waals surface area contributed by atoms with Gasteiger partial charge in [-0.05, 0) is 35.0 Å². The van der Waals surface area contributed by atoms with E-state index in [1.54, 1.807) is 24.3 Å². The smallest absolute Gasteiger partial charge is 0.327 e. The number of rotatable bonds is 6. The van der Waals surface area contributed by atoms with Crippen LogP contribution in [-0.2, 0) is 15.3 Å². The van der Waals surface area contributed by atoms with Gasteiger partial charge in [-0.25, -0.2) is 4.39 Å². The molecule has 1 aliphatic rings. The lowest BCUT2D eigenvalue weighted by Crippen LogP contribution is -2.42. The first-order chi connectivity index (χ1) is 16.3. The van der Waals surface area contributed by atoms with Gasteiger partial charge in [0.25, 0.3) is 5.91 Å². The minimum absolute atomic E-state index is 0.0361. The van der Waals surface area contributed by atoms with E-state index in [0.717, 1.165) is 24.3 Å². The highest BCUT2D eigenvalue weighted by atomic mass is 19.4. The van der Waals surface area contributed by atoms with Gasteiger partial charge in [-0.15, -0.1) is 0 Å². The second-order valence-electron chi connectivity index (χ2n) is 7.34. The fourth-order valence-corrected chi connectivity index (χ4v) is 3.72. The van der Waals surface area contributed by atoms with Crippen LogP contribution >= 0.6 is 0 Å². The zero-order valence-electron chi connectivity index (χ0n) is 17.7. The molecule has 0 radical (unpaired) electrons. The van der Waals surface area contributed by atoms with E-state index in [4.69, 9.17) is 4.84 Å². The lowest BCUT2D eigenvalue weighted by atomic mass is 9.90. The average Bonchev–Trinajstić information content (AvgIpc) is 3.28. The van der Waals surface area contributed by atoms with Crippen molar-refractivity contribution in [3.63, 3.8) is 0 Å². The second-order valence-corrected chi connectivity index (χ2v) is 7.34. The Morgan fingerprint density at radius 3 is 2.53 bits per heavy atom. The zero-order chi connectivity index (χ0) is 24.3. The van der Waals surface area contributed by atoms with Crippen molar-refractivity contribution in [2.75, 3.05) is 7.11 Å². The predicted octanol–water partition coefficient (Wildman–Crippen LogP) is 4.66. The van der Waals surface area contributed by atoms with Gasteiger partial charge in [0, 0.05) is 29.1 Å². The van der Waals surface area contributed by atoms with E-state index in [9.17, 15) is 22.4 Å². The van der Waals surface area contributed by atoms with Crippen LogP contribution in [0.1, 0.15) is 21.5 Å². The summed E-state index contributed by atoms with van der Waals surface area (Å²) in [7, 11) is 1.41. The molecule has 1 heterocycles. The highest BCUT2D eigenvalue weighted by molar-refractivity contribution is 6.10. The van der Waals surface area contributed by atoms with Crippen molar-refractivity contribution in [3.8, 4) is 0 Å². The van der Waals surface area contributed by atoms with Crippen molar-refractivity contribution >= 4 is 22.4 Å². The number of fused-ring (bicyclic) bond motifs is 1. The Morgan fingerprint density at radius 2 is 1.82 bits per heavy atom. The van der Waals surface area contributed by atoms with Crippen LogP contribution in [-0.4, -0.2) is 19.2 Å². The van der Waals surface area contributed by atoms with Gasteiger partial charge in [0.05, 0.1) is 12.8 Å². The number of halogens is 4. The Balaban J connectivity index is 1.79. The van der Waals surface area contributed by atoms with E-state index < -0.39 is 29.1 Å². The maximum atomic E-state index is 14.2. The molecule has 1 aliphatic heterocycles. The summed E-state index contributed by atoms with van der Waals surface area (Å²) in [6, 6.07) is 14.0. The van der Waals surface area contributed by atoms with Crippen LogP contribution in [0.4, 0.5) is 17.6 Å². The molecule has 1 amide bonds. The molecule has 3 aromatic rings. The standard InChI is InChI=1S/C24H19F4N3O3/c1-33-30-12-11-29-22(32)20-10-9-19(17-7-2-3-8-18(17)20)21-14-23(34-31-21,24(26,27)28)15-5-4-6-16(25)13-15/h2-14,30-31H,1H3,(H,29,32). The quantitative estimate of drug-likeness (QED) is 0.359. The number of amides is 1. The Kier molecular flexibility index (Phi) is 6.27. The van der Waals surface area contributed by atoms with Crippen LogP contribution in [0.2, 0.25) is 0 Å². The second kappa shape index (κ2) is 9.16. The monoisotopic (exact) mass is 473 g/mol. The molecule has 1 atom stereocenters. The first-order valence-electron chi connectivity index (χ1n) is 10.0. The van der Waals surface area contributed by atoms with Gasteiger partial charge in [-0.1, -0.05) is 42.5 Å². The van der Waals surface area contributed by atoms with Gasteiger partial charge in [0.1, 0.15) is 5.82 Å². The third kappa shape index (κ3) is 4.20. The first-order valence-corrected chi connectivity index (χ1v) is 10.0. The molecule has 10 heteroatoms. The van der Waals surface area contributed by atoms with Gasteiger partial charge < -0.3 is 5.32 Å². The Morgan fingerprint density at radius 1 is 1.06 bits per heavy atom. The summed E-state index contributed by atoms with van der Waals surface area (Å²) in [6.45, 7) is 0. The summed E-state index contributed by atoms with van der Waals surface area (Å²) in [5.74, 6) is -1.24. The number of hydrogen-bond donors (Lipinski definition) is 3. The summed E-state index contributed by atoms with van der Waals surface area (Å²) in [5, 5.41) is 3.61. The number of nitrogens with one attached hydrogen (secondary N) is 3. The van der Waals surface area contributed by atoms with E-state index in [0.29, 0.717) is 21.9 Å². The SMILES string of the molecule is CONC=CNC(=O)c1ccc(C2=CC(c3cccc(F)c3)(C(F)(F)F)ON2)c2ccccc12. The van der Waals surface area contributed by atoms with E-state index in [-0.39, 0.29) is 5.70 Å². The Bertz CT molecular complexity index is 1290. The van der Waals surface area contributed by atoms with Crippen molar-refractivity contribution in [2.45, 2.75) is 11.8 Å². The molecule has 0 spiro atoms. The van der Waals surface area contributed by atoms with E-state index in [1.165, 1.54) is 37.7 Å². The lowest BCUT2D eigenvalue weighted by Gasteiger charge is -2.28. The van der Waals surface area contributed by atoms with Crippen LogP contribution in [0.5, 0.6) is 0 Å². The molecule has 0 saturated carbocycles. The highest BCUT2D eigenvalue weighted by Gasteiger charge is 2.59. The number of hydroxylamine groups is 2. The number of hydrogen-bond acceptors (Lipinski definition) is 5. The Hall–Kier alpha value is -3.89. The van der Waals surface area contributed by atoms with E-state index in [1.807, 2.05) is 0 Å². The zero-order valence-corrected chi connectivity index (χ0v) is 17.7. The summed E-state index contributed by atoms with van der Waals surface area (Å²) >= 11 is 0. The van der Waals surface area contributed by atoms with Gasteiger partial charge in [-0.2, -0.15) is 13.2 Å². The molecule has 0 aliphatic carbocycles. The van der Waals surface area contributed by atoms with Gasteiger partial charge in [0.15, 0.2) is 0 Å². The molecule has 0 fully saturated rings. The topological polar surface area (TPSA) is 71.6 Å². The van der Waals surface area contributed by atoms with Gasteiger partial charge in [0.2, 0.25) is 5.60 Å². The molecule has 0 aromatic heterocycles. The lowest BCUT2D eigenvalue weighted by molar-refractivity contribution is -0.269. The fraction of sp³-hybridized carbons (Fsp3) is 0.125. The third-order valence-corrected chi connectivity index (χ3v) is 5.29. The number of alkyl halides is 3. The number of carbonyl (C=O) groups excluding carboxylic acids is 1. The molecule has 3 aromatic carbocycles. The first kappa shape index (κ1) is 23.3. The van der Waals surface area contributed by atoms with Gasteiger partial charge >= 0.3 is 6.18 Å². The fourth-order valence-electron chi connectivity index (χ4n) is 3.72. The van der Waals surface area contributed by atoms with E-state index in [2.05, 4.69) is 21.1 Å². The molecule has 34 heavy (non-hydrogen) atoms.